The fourth-order valence-electron chi connectivity index (χ4n) is 2.15. The maximum Gasteiger partial charge on any atom is 0.0947 e. The summed E-state index contributed by atoms with van der Waals surface area (Å²) in [6.45, 7) is 4.90. The highest BCUT2D eigenvalue weighted by Crippen LogP contribution is 2.25. The predicted octanol–water partition coefficient (Wildman–Crippen LogP) is 2.09. The molecule has 5 nitrogen and oxygen atoms in total. The number of aromatic nitrogens is 4. The third-order valence-corrected chi connectivity index (χ3v) is 3.65. The number of hydrogen-bond acceptors (Lipinski definition) is 3. The van der Waals surface area contributed by atoms with Crippen molar-refractivity contribution in [1.29, 1.82) is 0 Å². The van der Waals surface area contributed by atoms with Gasteiger partial charge in [-0.05, 0) is 13.3 Å². The van der Waals surface area contributed by atoms with E-state index in [0.717, 1.165) is 35.1 Å². The Balaban J connectivity index is 2.25. The van der Waals surface area contributed by atoms with Gasteiger partial charge in [0.1, 0.15) is 0 Å². The number of rotatable bonds is 5. The van der Waals surface area contributed by atoms with Gasteiger partial charge in [-0.25, -0.2) is 4.98 Å². The van der Waals surface area contributed by atoms with Crippen molar-refractivity contribution in [3.8, 4) is 0 Å². The minimum Gasteiger partial charge on any atom is -0.340 e. The molecule has 2 rings (SSSR count). The highest BCUT2D eigenvalue weighted by Gasteiger charge is 2.18. The summed E-state index contributed by atoms with van der Waals surface area (Å²) in [6, 6.07) is -0.162. The average Bonchev–Trinajstić information content (AvgIpc) is 2.95. The SMILES string of the molecule is CCc1nn(CC)c(CC(N)c2cn(C)cn2)c1Cl. The van der Waals surface area contributed by atoms with Crippen molar-refractivity contribution in [2.75, 3.05) is 0 Å². The highest BCUT2D eigenvalue weighted by atomic mass is 35.5. The first-order valence-electron chi connectivity index (χ1n) is 6.54. The molecule has 19 heavy (non-hydrogen) atoms. The Morgan fingerprint density at radius 2 is 2.16 bits per heavy atom. The van der Waals surface area contributed by atoms with E-state index in [9.17, 15) is 0 Å². The van der Waals surface area contributed by atoms with Crippen molar-refractivity contribution >= 4 is 11.6 Å². The lowest BCUT2D eigenvalue weighted by Crippen LogP contribution is -2.16. The summed E-state index contributed by atoms with van der Waals surface area (Å²) in [4.78, 5) is 4.29. The normalized spacial score (nSPS) is 12.9. The maximum absolute atomic E-state index is 6.38. The lowest BCUT2D eigenvalue weighted by atomic mass is 10.1. The Morgan fingerprint density at radius 3 is 2.68 bits per heavy atom. The van der Waals surface area contributed by atoms with Crippen molar-refractivity contribution in [2.24, 2.45) is 12.8 Å². The van der Waals surface area contributed by atoms with E-state index in [4.69, 9.17) is 17.3 Å². The molecule has 1 unspecified atom stereocenters. The zero-order valence-corrected chi connectivity index (χ0v) is 12.4. The Morgan fingerprint density at radius 1 is 1.42 bits per heavy atom. The minimum absolute atomic E-state index is 0.162. The smallest absolute Gasteiger partial charge is 0.0947 e. The van der Waals surface area contributed by atoms with Gasteiger partial charge in [-0.1, -0.05) is 18.5 Å². The van der Waals surface area contributed by atoms with Crippen molar-refractivity contribution in [2.45, 2.75) is 39.3 Å². The molecule has 0 aliphatic rings. The zero-order valence-electron chi connectivity index (χ0n) is 11.6. The first kappa shape index (κ1) is 14.1. The molecule has 2 heterocycles. The van der Waals surface area contributed by atoms with E-state index in [-0.39, 0.29) is 6.04 Å². The molecule has 0 amide bonds. The van der Waals surface area contributed by atoms with Crippen LogP contribution in [0.1, 0.15) is 37.0 Å². The first-order chi connectivity index (χ1) is 9.06. The molecule has 1 atom stereocenters. The molecule has 0 radical (unpaired) electrons. The summed E-state index contributed by atoms with van der Waals surface area (Å²) in [5.41, 5.74) is 9.02. The van der Waals surface area contributed by atoms with Crippen LogP contribution in [0, 0.1) is 0 Å². The van der Waals surface area contributed by atoms with E-state index < -0.39 is 0 Å². The minimum atomic E-state index is -0.162. The van der Waals surface area contributed by atoms with E-state index >= 15 is 0 Å². The van der Waals surface area contributed by atoms with Gasteiger partial charge in [-0.2, -0.15) is 5.10 Å². The monoisotopic (exact) mass is 281 g/mol. The quantitative estimate of drug-likeness (QED) is 0.913. The van der Waals surface area contributed by atoms with Crippen LogP contribution in [-0.4, -0.2) is 19.3 Å². The van der Waals surface area contributed by atoms with Gasteiger partial charge in [-0.15, -0.1) is 0 Å². The van der Waals surface area contributed by atoms with Crippen LogP contribution >= 0.6 is 11.6 Å². The van der Waals surface area contributed by atoms with Crippen LogP contribution in [0.2, 0.25) is 5.02 Å². The van der Waals surface area contributed by atoms with Gasteiger partial charge in [-0.3, -0.25) is 4.68 Å². The molecule has 2 N–H and O–H groups in total. The molecule has 0 aliphatic heterocycles. The molecule has 0 fully saturated rings. The number of hydrogen-bond donors (Lipinski definition) is 1. The van der Waals surface area contributed by atoms with E-state index in [1.165, 1.54) is 0 Å². The molecule has 2 aromatic rings. The molecule has 0 aliphatic carbocycles. The van der Waals surface area contributed by atoms with Gasteiger partial charge in [0.2, 0.25) is 0 Å². The summed E-state index contributed by atoms with van der Waals surface area (Å²) >= 11 is 6.38. The summed E-state index contributed by atoms with van der Waals surface area (Å²) in [6.07, 6.45) is 5.17. The standard InChI is InChI=1S/C13H20ClN5/c1-4-10-13(14)12(19(5-2)17-10)6-9(15)11-7-18(3)8-16-11/h7-9H,4-6,15H2,1-3H3. The van der Waals surface area contributed by atoms with Gasteiger partial charge in [0.05, 0.1) is 34.5 Å². The zero-order chi connectivity index (χ0) is 14.0. The van der Waals surface area contributed by atoms with Gasteiger partial charge >= 0.3 is 0 Å². The van der Waals surface area contributed by atoms with E-state index in [2.05, 4.69) is 23.9 Å². The van der Waals surface area contributed by atoms with Crippen LogP contribution in [0.3, 0.4) is 0 Å². The molecule has 6 heteroatoms. The first-order valence-corrected chi connectivity index (χ1v) is 6.92. The van der Waals surface area contributed by atoms with E-state index in [1.54, 1.807) is 6.33 Å². The average molecular weight is 282 g/mol. The van der Waals surface area contributed by atoms with Crippen LogP contribution in [-0.2, 0) is 26.4 Å². The van der Waals surface area contributed by atoms with Gasteiger partial charge in [0, 0.05) is 26.2 Å². The number of aryl methyl sites for hydroxylation is 3. The fourth-order valence-corrected chi connectivity index (χ4v) is 2.50. The van der Waals surface area contributed by atoms with Gasteiger partial charge in [0.25, 0.3) is 0 Å². The molecule has 2 aromatic heterocycles. The number of halogens is 1. The van der Waals surface area contributed by atoms with Crippen LogP contribution in [0.25, 0.3) is 0 Å². The fraction of sp³-hybridized carbons (Fsp3) is 0.538. The second-order valence-electron chi connectivity index (χ2n) is 4.65. The van der Waals surface area contributed by atoms with Crippen molar-refractivity contribution in [3.63, 3.8) is 0 Å². The number of nitrogens with two attached hydrogens (primary N) is 1. The molecule has 0 spiro atoms. The van der Waals surface area contributed by atoms with Gasteiger partial charge < -0.3 is 10.3 Å². The lowest BCUT2D eigenvalue weighted by Gasteiger charge is -2.10. The largest absolute Gasteiger partial charge is 0.340 e. The van der Waals surface area contributed by atoms with E-state index in [0.29, 0.717) is 6.42 Å². The summed E-state index contributed by atoms with van der Waals surface area (Å²) in [5.74, 6) is 0. The van der Waals surface area contributed by atoms with Crippen molar-refractivity contribution in [1.82, 2.24) is 19.3 Å². The third kappa shape index (κ3) is 2.82. The molecule has 0 saturated carbocycles. The molecule has 104 valence electrons. The number of nitrogens with zero attached hydrogens (tertiary/aromatic N) is 4. The Labute approximate surface area is 118 Å². The molecular weight excluding hydrogens is 262 g/mol. The molecule has 0 aromatic carbocycles. The van der Waals surface area contributed by atoms with Crippen molar-refractivity contribution < 1.29 is 0 Å². The van der Waals surface area contributed by atoms with Crippen LogP contribution in [0.4, 0.5) is 0 Å². The Hall–Kier alpha value is -1.33. The van der Waals surface area contributed by atoms with Crippen LogP contribution < -0.4 is 5.73 Å². The summed E-state index contributed by atoms with van der Waals surface area (Å²) in [5, 5.41) is 5.25. The molecule has 0 bridgehead atoms. The maximum atomic E-state index is 6.38. The Bertz CT molecular complexity index is 557. The van der Waals surface area contributed by atoms with Crippen LogP contribution in [0.5, 0.6) is 0 Å². The highest BCUT2D eigenvalue weighted by molar-refractivity contribution is 6.31. The second-order valence-corrected chi connectivity index (χ2v) is 5.03. The van der Waals surface area contributed by atoms with Crippen LogP contribution in [0.15, 0.2) is 12.5 Å². The molecular formula is C13H20ClN5. The van der Waals surface area contributed by atoms with Crippen molar-refractivity contribution in [3.05, 3.63) is 34.6 Å². The lowest BCUT2D eigenvalue weighted by molar-refractivity contribution is 0.581. The topological polar surface area (TPSA) is 61.7 Å². The summed E-state index contributed by atoms with van der Waals surface area (Å²) in [7, 11) is 1.93. The summed E-state index contributed by atoms with van der Waals surface area (Å²) < 4.78 is 3.83. The third-order valence-electron chi connectivity index (χ3n) is 3.21. The van der Waals surface area contributed by atoms with Gasteiger partial charge in [0.15, 0.2) is 0 Å². The number of imidazole rings is 1. The molecule has 0 saturated heterocycles. The Kier molecular flexibility index (Phi) is 4.27. The predicted molar refractivity (Wildman–Crippen MR) is 76.1 cm³/mol. The van der Waals surface area contributed by atoms with E-state index in [1.807, 2.05) is 22.5 Å². The second kappa shape index (κ2) is 5.75.